The molecule has 0 bridgehead atoms. The predicted molar refractivity (Wildman–Crippen MR) is 69.3 cm³/mol. The van der Waals surface area contributed by atoms with Gasteiger partial charge in [0.25, 0.3) is 0 Å². The Balaban J connectivity index is 2.08. The van der Waals surface area contributed by atoms with Crippen LogP contribution in [0.15, 0.2) is 42.5 Å². The van der Waals surface area contributed by atoms with E-state index in [1.807, 2.05) is 18.2 Å². The van der Waals surface area contributed by atoms with Crippen LogP contribution in [-0.4, -0.2) is 5.11 Å². The molecule has 3 heteroatoms. The topological polar surface area (TPSA) is 20.2 Å². The van der Waals surface area contributed by atoms with Crippen LogP contribution >= 0.6 is 11.6 Å². The molecule has 1 nitrogen and oxygen atoms in total. The van der Waals surface area contributed by atoms with Crippen LogP contribution in [0.1, 0.15) is 35.1 Å². The molecule has 92 valence electrons. The molecule has 1 aliphatic carbocycles. The molecule has 0 saturated carbocycles. The first kappa shape index (κ1) is 11.7. The first-order chi connectivity index (χ1) is 8.65. The molecule has 0 fully saturated rings. The summed E-state index contributed by atoms with van der Waals surface area (Å²) in [4.78, 5) is 0. The fourth-order valence-corrected chi connectivity index (χ4v) is 2.85. The van der Waals surface area contributed by atoms with E-state index in [-0.39, 0.29) is 11.7 Å². The van der Waals surface area contributed by atoms with Gasteiger partial charge in [-0.15, -0.1) is 0 Å². The van der Waals surface area contributed by atoms with Gasteiger partial charge in [0.05, 0.1) is 6.10 Å². The second-order valence-electron chi connectivity index (χ2n) is 4.63. The Morgan fingerprint density at radius 2 is 1.94 bits per heavy atom. The zero-order valence-corrected chi connectivity index (χ0v) is 10.4. The molecule has 2 atom stereocenters. The van der Waals surface area contributed by atoms with Crippen molar-refractivity contribution in [2.45, 2.75) is 18.4 Å². The molecular weight excluding hydrogens is 251 g/mol. The summed E-state index contributed by atoms with van der Waals surface area (Å²) in [5, 5.41) is 10.7. The van der Waals surface area contributed by atoms with Crippen molar-refractivity contribution < 1.29 is 9.50 Å². The first-order valence-electron chi connectivity index (χ1n) is 5.88. The molecule has 0 aliphatic heterocycles. The molecule has 2 aromatic carbocycles. The first-order valence-corrected chi connectivity index (χ1v) is 6.26. The van der Waals surface area contributed by atoms with E-state index in [0.717, 1.165) is 16.7 Å². The Bertz CT molecular complexity index is 597. The Morgan fingerprint density at radius 1 is 1.11 bits per heavy atom. The molecule has 1 aliphatic rings. The predicted octanol–water partition coefficient (Wildman–Crippen LogP) is 4.05. The lowest BCUT2D eigenvalue weighted by molar-refractivity contribution is 0.176. The van der Waals surface area contributed by atoms with Crippen LogP contribution in [0.25, 0.3) is 0 Å². The maximum Gasteiger partial charge on any atom is 0.123 e. The minimum atomic E-state index is -0.521. The van der Waals surface area contributed by atoms with Gasteiger partial charge in [0, 0.05) is 10.9 Å². The number of halogens is 2. The van der Waals surface area contributed by atoms with Crippen LogP contribution < -0.4 is 0 Å². The van der Waals surface area contributed by atoms with Gasteiger partial charge in [-0.3, -0.25) is 0 Å². The lowest BCUT2D eigenvalue weighted by Gasteiger charge is -2.11. The van der Waals surface area contributed by atoms with Crippen molar-refractivity contribution in [3.05, 3.63) is 70.0 Å². The summed E-state index contributed by atoms with van der Waals surface area (Å²) in [6.45, 7) is 0. The van der Waals surface area contributed by atoms with Crippen LogP contribution in [0.5, 0.6) is 0 Å². The third-order valence-corrected chi connectivity index (χ3v) is 3.73. The summed E-state index contributed by atoms with van der Waals surface area (Å²) in [6.07, 6.45) is 0.0611. The smallest absolute Gasteiger partial charge is 0.123 e. The number of benzene rings is 2. The molecule has 2 aromatic rings. The van der Waals surface area contributed by atoms with Gasteiger partial charge in [0.15, 0.2) is 0 Å². The maximum atomic E-state index is 13.3. The van der Waals surface area contributed by atoms with Crippen LogP contribution in [0, 0.1) is 5.82 Å². The van der Waals surface area contributed by atoms with Gasteiger partial charge in [-0.2, -0.15) is 0 Å². The van der Waals surface area contributed by atoms with E-state index in [4.69, 9.17) is 11.6 Å². The third-order valence-electron chi connectivity index (χ3n) is 3.49. The number of aliphatic hydroxyl groups is 1. The van der Waals surface area contributed by atoms with Crippen LogP contribution in [-0.2, 0) is 0 Å². The van der Waals surface area contributed by atoms with Crippen molar-refractivity contribution in [3.63, 3.8) is 0 Å². The molecular formula is C15H12ClFO. The minimum absolute atomic E-state index is 0.0444. The summed E-state index contributed by atoms with van der Waals surface area (Å²) in [5.74, 6) is -0.202. The van der Waals surface area contributed by atoms with E-state index >= 15 is 0 Å². The average Bonchev–Trinajstić information content (AvgIpc) is 2.67. The van der Waals surface area contributed by atoms with E-state index in [1.54, 1.807) is 12.1 Å². The molecule has 0 unspecified atom stereocenters. The van der Waals surface area contributed by atoms with Gasteiger partial charge in [-0.25, -0.2) is 4.39 Å². The fraction of sp³-hybridized carbons (Fsp3) is 0.200. The molecule has 18 heavy (non-hydrogen) atoms. The quantitative estimate of drug-likeness (QED) is 0.822. The lowest BCUT2D eigenvalue weighted by Crippen LogP contribution is -1.97. The number of hydrogen-bond acceptors (Lipinski definition) is 1. The van der Waals surface area contributed by atoms with Crippen molar-refractivity contribution in [2.75, 3.05) is 0 Å². The highest BCUT2D eigenvalue weighted by atomic mass is 35.5. The number of hydrogen-bond donors (Lipinski definition) is 1. The SMILES string of the molecule is O[C@H]1C[C@@H](c2cccc(F)c2)c2ccc(Cl)cc21. The van der Waals surface area contributed by atoms with Crippen LogP contribution in [0.2, 0.25) is 5.02 Å². The van der Waals surface area contributed by atoms with E-state index in [1.165, 1.54) is 12.1 Å². The maximum absolute atomic E-state index is 13.3. The summed E-state index contributed by atoms with van der Waals surface area (Å²) in [7, 11) is 0. The van der Waals surface area contributed by atoms with Crippen molar-refractivity contribution in [3.8, 4) is 0 Å². The van der Waals surface area contributed by atoms with Crippen LogP contribution in [0.4, 0.5) is 4.39 Å². The molecule has 0 saturated heterocycles. The molecule has 0 amide bonds. The highest BCUT2D eigenvalue weighted by Crippen LogP contribution is 2.44. The van der Waals surface area contributed by atoms with E-state index in [0.29, 0.717) is 11.4 Å². The van der Waals surface area contributed by atoms with E-state index in [9.17, 15) is 9.50 Å². The Hall–Kier alpha value is -1.38. The molecule has 0 spiro atoms. The monoisotopic (exact) mass is 262 g/mol. The van der Waals surface area contributed by atoms with Gasteiger partial charge in [0.2, 0.25) is 0 Å². The van der Waals surface area contributed by atoms with Gasteiger partial charge >= 0.3 is 0 Å². The summed E-state index contributed by atoms with van der Waals surface area (Å²) in [5.41, 5.74) is 2.80. The van der Waals surface area contributed by atoms with Gasteiger partial charge in [-0.05, 0) is 47.4 Å². The molecule has 1 N–H and O–H groups in total. The van der Waals surface area contributed by atoms with E-state index in [2.05, 4.69) is 0 Å². The number of aliphatic hydroxyl groups excluding tert-OH is 1. The Morgan fingerprint density at radius 3 is 2.72 bits per heavy atom. The summed E-state index contributed by atoms with van der Waals surface area (Å²) >= 11 is 5.94. The Labute approximate surface area is 110 Å². The zero-order valence-electron chi connectivity index (χ0n) is 9.61. The molecule has 0 radical (unpaired) electrons. The zero-order chi connectivity index (χ0) is 12.7. The standard InChI is InChI=1S/C15H12ClFO/c16-10-4-5-12-13(8-15(18)14(12)7-10)9-2-1-3-11(17)6-9/h1-7,13,15,18H,8H2/t13-,15-/m0/s1. The Kier molecular flexibility index (Phi) is 2.84. The highest BCUT2D eigenvalue weighted by molar-refractivity contribution is 6.30. The average molecular weight is 263 g/mol. The second kappa shape index (κ2) is 4.38. The van der Waals surface area contributed by atoms with E-state index < -0.39 is 6.10 Å². The molecule has 0 heterocycles. The van der Waals surface area contributed by atoms with Gasteiger partial charge in [-0.1, -0.05) is 29.8 Å². The molecule has 3 rings (SSSR count). The van der Waals surface area contributed by atoms with Gasteiger partial charge in [0.1, 0.15) is 5.82 Å². The van der Waals surface area contributed by atoms with Crippen molar-refractivity contribution in [1.82, 2.24) is 0 Å². The lowest BCUT2D eigenvalue weighted by atomic mass is 9.93. The highest BCUT2D eigenvalue weighted by Gasteiger charge is 2.30. The summed E-state index contributed by atoms with van der Waals surface area (Å²) < 4.78 is 13.3. The minimum Gasteiger partial charge on any atom is -0.388 e. The number of fused-ring (bicyclic) bond motifs is 1. The largest absolute Gasteiger partial charge is 0.388 e. The van der Waals surface area contributed by atoms with Gasteiger partial charge < -0.3 is 5.11 Å². The van der Waals surface area contributed by atoms with Crippen molar-refractivity contribution in [1.29, 1.82) is 0 Å². The summed E-state index contributed by atoms with van der Waals surface area (Å²) in [6, 6.07) is 12.1. The van der Waals surface area contributed by atoms with Crippen molar-refractivity contribution in [2.24, 2.45) is 0 Å². The normalized spacial score (nSPS) is 21.9. The van der Waals surface area contributed by atoms with Crippen LogP contribution in [0.3, 0.4) is 0 Å². The number of rotatable bonds is 1. The fourth-order valence-electron chi connectivity index (χ4n) is 2.67. The molecule has 0 aromatic heterocycles. The second-order valence-corrected chi connectivity index (χ2v) is 5.07. The third kappa shape index (κ3) is 1.92. The van der Waals surface area contributed by atoms with Crippen molar-refractivity contribution >= 4 is 11.6 Å².